The van der Waals surface area contributed by atoms with Crippen LogP contribution in [0.4, 0.5) is 5.69 Å². The smallest absolute Gasteiger partial charge is 0.229 e. The molecule has 0 aromatic heterocycles. The van der Waals surface area contributed by atoms with Crippen molar-refractivity contribution in [1.29, 1.82) is 0 Å². The molecular weight excluding hydrogens is 244 g/mol. The minimum absolute atomic E-state index is 0.0660. The molecule has 19 heavy (non-hydrogen) atoms. The van der Waals surface area contributed by atoms with E-state index in [1.54, 1.807) is 24.3 Å². The minimum atomic E-state index is -0.0660. The number of nitrogens with two attached hydrogens (primary N) is 1. The molecule has 102 valence electrons. The number of benzene rings is 1. The van der Waals surface area contributed by atoms with Crippen LogP contribution in [-0.2, 0) is 9.59 Å². The second kappa shape index (κ2) is 6.22. The van der Waals surface area contributed by atoms with Gasteiger partial charge in [0.05, 0.1) is 6.61 Å². The molecule has 0 radical (unpaired) electrons. The maximum Gasteiger partial charge on any atom is 0.229 e. The molecule has 1 saturated heterocycles. The van der Waals surface area contributed by atoms with E-state index in [9.17, 15) is 9.59 Å². The summed E-state index contributed by atoms with van der Waals surface area (Å²) in [6.07, 6.45) is 2.27. The Morgan fingerprint density at radius 3 is 2.37 bits per heavy atom. The molecule has 1 aliphatic rings. The highest BCUT2D eigenvalue weighted by atomic mass is 16.5. The van der Waals surface area contributed by atoms with Crippen LogP contribution in [0.3, 0.4) is 0 Å². The third kappa shape index (κ3) is 3.71. The van der Waals surface area contributed by atoms with Crippen LogP contribution in [0.5, 0.6) is 5.75 Å². The molecule has 1 aromatic rings. The number of ether oxygens (including phenoxy) is 1. The molecule has 0 spiro atoms. The molecule has 1 heterocycles. The van der Waals surface area contributed by atoms with E-state index in [0.29, 0.717) is 44.5 Å². The van der Waals surface area contributed by atoms with E-state index < -0.39 is 0 Å². The number of nitrogens with zero attached hydrogens (tertiary/aromatic N) is 1. The summed E-state index contributed by atoms with van der Waals surface area (Å²) in [5.41, 5.74) is 6.26. The van der Waals surface area contributed by atoms with Crippen LogP contribution in [0, 0.1) is 0 Å². The van der Waals surface area contributed by atoms with Gasteiger partial charge in [-0.2, -0.15) is 0 Å². The Morgan fingerprint density at radius 2 is 1.74 bits per heavy atom. The van der Waals surface area contributed by atoms with Gasteiger partial charge >= 0.3 is 0 Å². The zero-order valence-electron chi connectivity index (χ0n) is 10.8. The first-order valence-corrected chi connectivity index (χ1v) is 6.48. The summed E-state index contributed by atoms with van der Waals surface area (Å²) in [6.45, 7) is 0.910. The molecule has 0 bridgehead atoms. The molecule has 0 unspecified atom stereocenters. The van der Waals surface area contributed by atoms with Gasteiger partial charge in [-0.1, -0.05) is 0 Å². The van der Waals surface area contributed by atoms with E-state index in [2.05, 4.69) is 0 Å². The van der Waals surface area contributed by atoms with E-state index in [1.807, 2.05) is 0 Å². The predicted octanol–water partition coefficient (Wildman–Crippen LogP) is 1.58. The Hall–Kier alpha value is -2.04. The number of rotatable bonds is 5. The van der Waals surface area contributed by atoms with Crippen molar-refractivity contribution in [2.45, 2.75) is 25.7 Å². The quantitative estimate of drug-likeness (QED) is 0.496. The van der Waals surface area contributed by atoms with E-state index in [-0.39, 0.29) is 11.8 Å². The molecule has 1 aromatic carbocycles. The summed E-state index contributed by atoms with van der Waals surface area (Å²) in [4.78, 5) is 24.5. The zero-order chi connectivity index (χ0) is 13.7. The third-order valence-electron chi connectivity index (χ3n) is 3.06. The number of hydrogen-bond acceptors (Lipinski definition) is 4. The van der Waals surface area contributed by atoms with Gasteiger partial charge in [-0.15, -0.1) is 0 Å². The van der Waals surface area contributed by atoms with E-state index >= 15 is 0 Å². The number of imide groups is 1. The fourth-order valence-electron chi connectivity index (χ4n) is 2.03. The van der Waals surface area contributed by atoms with Crippen LogP contribution >= 0.6 is 0 Å². The number of carbonyl (C=O) groups is 2. The van der Waals surface area contributed by atoms with Crippen LogP contribution in [0.2, 0.25) is 0 Å². The molecule has 0 aliphatic carbocycles. The van der Waals surface area contributed by atoms with Gasteiger partial charge in [0.1, 0.15) is 5.75 Å². The Kier molecular flexibility index (Phi) is 4.39. The van der Waals surface area contributed by atoms with Crippen molar-refractivity contribution < 1.29 is 14.3 Å². The highest BCUT2D eigenvalue weighted by Gasteiger charge is 2.24. The summed E-state index contributed by atoms with van der Waals surface area (Å²) in [6, 6.07) is 7.14. The molecule has 5 nitrogen and oxygen atoms in total. The summed E-state index contributed by atoms with van der Waals surface area (Å²) >= 11 is 0. The Bertz CT molecular complexity index is 440. The predicted molar refractivity (Wildman–Crippen MR) is 71.5 cm³/mol. The fourth-order valence-corrected chi connectivity index (χ4v) is 2.03. The van der Waals surface area contributed by atoms with Gasteiger partial charge in [0.2, 0.25) is 11.8 Å². The highest BCUT2D eigenvalue weighted by Crippen LogP contribution is 2.14. The average Bonchev–Trinajstić information content (AvgIpc) is 2.39. The SMILES string of the molecule is Nc1ccc(OCCCN2C(=O)CCCC2=O)cc1. The number of likely N-dealkylation sites (tertiary alicyclic amines) is 1. The lowest BCUT2D eigenvalue weighted by atomic mass is 10.1. The van der Waals surface area contributed by atoms with Crippen LogP contribution in [0.15, 0.2) is 24.3 Å². The van der Waals surface area contributed by atoms with E-state index in [1.165, 1.54) is 4.90 Å². The Balaban J connectivity index is 1.73. The van der Waals surface area contributed by atoms with Gasteiger partial charge in [-0.05, 0) is 37.1 Å². The summed E-state index contributed by atoms with van der Waals surface area (Å²) in [5.74, 6) is 0.609. The molecule has 0 atom stereocenters. The van der Waals surface area contributed by atoms with Gasteiger partial charge in [-0.25, -0.2) is 0 Å². The molecule has 2 N–H and O–H groups in total. The second-order valence-electron chi connectivity index (χ2n) is 4.56. The first kappa shape index (κ1) is 13.4. The largest absolute Gasteiger partial charge is 0.494 e. The number of piperidine rings is 1. The maximum atomic E-state index is 11.6. The summed E-state index contributed by atoms with van der Waals surface area (Å²) < 4.78 is 5.52. The summed E-state index contributed by atoms with van der Waals surface area (Å²) in [5, 5.41) is 0. The van der Waals surface area contributed by atoms with Crippen molar-refractivity contribution >= 4 is 17.5 Å². The van der Waals surface area contributed by atoms with Gasteiger partial charge in [-0.3, -0.25) is 14.5 Å². The van der Waals surface area contributed by atoms with Crippen molar-refractivity contribution in [2.75, 3.05) is 18.9 Å². The van der Waals surface area contributed by atoms with Crippen molar-refractivity contribution in [3.8, 4) is 5.75 Å². The molecular formula is C14H18N2O3. The van der Waals surface area contributed by atoms with Crippen LogP contribution < -0.4 is 10.5 Å². The monoisotopic (exact) mass is 262 g/mol. The Morgan fingerprint density at radius 1 is 1.11 bits per heavy atom. The van der Waals surface area contributed by atoms with Crippen molar-refractivity contribution in [3.63, 3.8) is 0 Å². The summed E-state index contributed by atoms with van der Waals surface area (Å²) in [7, 11) is 0. The highest BCUT2D eigenvalue weighted by molar-refractivity contribution is 5.97. The normalized spacial score (nSPS) is 15.7. The standard InChI is InChI=1S/C14H18N2O3/c15-11-5-7-12(8-6-11)19-10-2-9-16-13(17)3-1-4-14(16)18/h5-8H,1-4,9-10,15H2. The van der Waals surface area contributed by atoms with Gasteiger partial charge < -0.3 is 10.5 Å². The third-order valence-corrected chi connectivity index (χ3v) is 3.06. The van der Waals surface area contributed by atoms with Crippen molar-refractivity contribution in [3.05, 3.63) is 24.3 Å². The molecule has 1 fully saturated rings. The van der Waals surface area contributed by atoms with Crippen molar-refractivity contribution in [1.82, 2.24) is 4.90 Å². The number of anilines is 1. The van der Waals surface area contributed by atoms with Gasteiger partial charge in [0.25, 0.3) is 0 Å². The molecule has 2 amide bonds. The molecule has 2 rings (SSSR count). The van der Waals surface area contributed by atoms with Crippen molar-refractivity contribution in [2.24, 2.45) is 0 Å². The molecule has 1 aliphatic heterocycles. The lowest BCUT2D eigenvalue weighted by molar-refractivity contribution is -0.148. The van der Waals surface area contributed by atoms with Crippen LogP contribution in [0.1, 0.15) is 25.7 Å². The average molecular weight is 262 g/mol. The number of hydrogen-bond donors (Lipinski definition) is 1. The first-order valence-electron chi connectivity index (χ1n) is 6.48. The van der Waals surface area contributed by atoms with Crippen LogP contribution in [0.25, 0.3) is 0 Å². The maximum absolute atomic E-state index is 11.6. The lowest BCUT2D eigenvalue weighted by Gasteiger charge is -2.24. The number of carbonyl (C=O) groups excluding carboxylic acids is 2. The minimum Gasteiger partial charge on any atom is -0.494 e. The van der Waals surface area contributed by atoms with E-state index in [0.717, 1.165) is 5.75 Å². The van der Waals surface area contributed by atoms with Gasteiger partial charge in [0, 0.05) is 25.1 Å². The Labute approximate surface area is 112 Å². The molecule has 0 saturated carbocycles. The lowest BCUT2D eigenvalue weighted by Crippen LogP contribution is -2.41. The number of nitrogen functional groups attached to an aromatic ring is 1. The first-order chi connectivity index (χ1) is 9.16. The number of amides is 2. The molecule has 5 heteroatoms. The van der Waals surface area contributed by atoms with Gasteiger partial charge in [0.15, 0.2) is 0 Å². The fraction of sp³-hybridized carbons (Fsp3) is 0.429. The topological polar surface area (TPSA) is 72.6 Å². The zero-order valence-corrected chi connectivity index (χ0v) is 10.8. The second-order valence-corrected chi connectivity index (χ2v) is 4.56. The van der Waals surface area contributed by atoms with Crippen LogP contribution in [-0.4, -0.2) is 29.9 Å². The van der Waals surface area contributed by atoms with E-state index in [4.69, 9.17) is 10.5 Å².